The second-order valence-corrected chi connectivity index (χ2v) is 5.27. The van der Waals surface area contributed by atoms with Crippen LogP contribution in [0.25, 0.3) is 6.08 Å². The summed E-state index contributed by atoms with van der Waals surface area (Å²) in [5.41, 5.74) is -0.556. The number of nitrogens with zero attached hydrogens (tertiary/aromatic N) is 2. The normalized spacial score (nSPS) is 15.0. The molecule has 0 atom stereocenters. The van der Waals surface area contributed by atoms with Crippen LogP contribution in [-0.2, 0) is 6.54 Å². The summed E-state index contributed by atoms with van der Waals surface area (Å²) in [6.45, 7) is 2.53. The zero-order valence-corrected chi connectivity index (χ0v) is 12.7. The van der Waals surface area contributed by atoms with E-state index in [1.54, 1.807) is 18.4 Å². The van der Waals surface area contributed by atoms with Crippen LogP contribution < -0.4 is 11.2 Å². The number of unbranched alkanes of at least 4 members (excludes halogenated alkanes) is 4. The number of aromatic hydroxyl groups is 1. The molecule has 1 aromatic heterocycles. The van der Waals surface area contributed by atoms with Gasteiger partial charge in [0.15, 0.2) is 0 Å². The summed E-state index contributed by atoms with van der Waals surface area (Å²) >= 11 is 0. The van der Waals surface area contributed by atoms with Gasteiger partial charge in [-0.3, -0.25) is 19.3 Å². The van der Waals surface area contributed by atoms with E-state index in [9.17, 15) is 14.7 Å². The Labute approximate surface area is 128 Å². The molecular weight excluding hydrogens is 282 g/mol. The molecule has 0 aliphatic carbocycles. The number of hydrogen-bond acceptors (Lipinski definition) is 4. The molecule has 1 aliphatic rings. The number of aromatic amines is 1. The van der Waals surface area contributed by atoms with Gasteiger partial charge in [0.05, 0.1) is 5.70 Å². The van der Waals surface area contributed by atoms with Gasteiger partial charge in [-0.2, -0.15) is 0 Å². The van der Waals surface area contributed by atoms with Crippen LogP contribution in [-0.4, -0.2) is 20.9 Å². The Morgan fingerprint density at radius 1 is 1.27 bits per heavy atom. The zero-order valence-electron chi connectivity index (χ0n) is 12.7. The third kappa shape index (κ3) is 3.84. The molecule has 0 spiro atoms. The lowest BCUT2D eigenvalue weighted by Crippen LogP contribution is -2.31. The SMILES string of the molecule is CCCCCCCn1c(O)c(/C=C2\C=CC=N2)c(=O)[nH]c1=O. The van der Waals surface area contributed by atoms with Crippen LogP contribution >= 0.6 is 0 Å². The van der Waals surface area contributed by atoms with E-state index >= 15 is 0 Å². The Kier molecular flexibility index (Phi) is 5.52. The summed E-state index contributed by atoms with van der Waals surface area (Å²) in [6, 6.07) is 0. The summed E-state index contributed by atoms with van der Waals surface area (Å²) in [5, 5.41) is 10.2. The minimum Gasteiger partial charge on any atom is -0.494 e. The Bertz CT molecular complexity index is 709. The topological polar surface area (TPSA) is 87.4 Å². The molecule has 1 aliphatic heterocycles. The van der Waals surface area contributed by atoms with E-state index in [0.717, 1.165) is 32.1 Å². The van der Waals surface area contributed by atoms with Crippen LogP contribution in [0.15, 0.2) is 32.4 Å². The molecule has 0 bridgehead atoms. The van der Waals surface area contributed by atoms with Gasteiger partial charge in [-0.05, 0) is 24.6 Å². The third-order valence-corrected chi connectivity index (χ3v) is 3.56. The Balaban J connectivity index is 2.21. The van der Waals surface area contributed by atoms with Gasteiger partial charge >= 0.3 is 5.69 Å². The standard InChI is InChI=1S/C16H21N3O3/c1-2-3-4-5-6-10-19-15(21)13(14(20)18-16(19)22)11-12-8-7-9-17-12/h7-9,11,21H,2-6,10H2,1H3,(H,18,20,22)/b12-11+. The van der Waals surface area contributed by atoms with E-state index in [1.165, 1.54) is 10.6 Å². The smallest absolute Gasteiger partial charge is 0.331 e. The molecule has 0 amide bonds. The second-order valence-electron chi connectivity index (χ2n) is 5.27. The number of hydrogen-bond donors (Lipinski definition) is 2. The van der Waals surface area contributed by atoms with Crippen molar-refractivity contribution < 1.29 is 5.11 Å². The first-order valence-electron chi connectivity index (χ1n) is 7.62. The highest BCUT2D eigenvalue weighted by Crippen LogP contribution is 2.17. The van der Waals surface area contributed by atoms with Crippen LogP contribution in [0, 0.1) is 0 Å². The van der Waals surface area contributed by atoms with Crippen molar-refractivity contribution in [2.75, 3.05) is 0 Å². The van der Waals surface area contributed by atoms with Crippen LogP contribution in [0.2, 0.25) is 0 Å². The van der Waals surface area contributed by atoms with Gasteiger partial charge in [-0.15, -0.1) is 0 Å². The van der Waals surface area contributed by atoms with Crippen LogP contribution in [0.1, 0.15) is 44.6 Å². The average Bonchev–Trinajstić information content (AvgIpc) is 2.99. The van der Waals surface area contributed by atoms with Crippen molar-refractivity contribution in [2.24, 2.45) is 4.99 Å². The maximum absolute atomic E-state index is 11.9. The average molecular weight is 303 g/mol. The molecule has 6 nitrogen and oxygen atoms in total. The number of aliphatic imine (C=N–C) groups is 1. The minimum atomic E-state index is -0.604. The van der Waals surface area contributed by atoms with Crippen molar-refractivity contribution in [2.45, 2.75) is 45.6 Å². The van der Waals surface area contributed by atoms with Crippen molar-refractivity contribution >= 4 is 12.3 Å². The number of rotatable bonds is 7. The van der Waals surface area contributed by atoms with E-state index in [2.05, 4.69) is 16.9 Å². The van der Waals surface area contributed by atoms with E-state index < -0.39 is 11.2 Å². The molecule has 22 heavy (non-hydrogen) atoms. The summed E-state index contributed by atoms with van der Waals surface area (Å²) in [7, 11) is 0. The first kappa shape index (κ1) is 16.0. The van der Waals surface area contributed by atoms with E-state index in [0.29, 0.717) is 12.2 Å². The number of aromatic nitrogens is 2. The maximum Gasteiger partial charge on any atom is 0.331 e. The molecule has 0 aromatic carbocycles. The molecule has 2 heterocycles. The van der Waals surface area contributed by atoms with E-state index in [1.807, 2.05) is 0 Å². The lowest BCUT2D eigenvalue weighted by Gasteiger charge is -2.09. The van der Waals surface area contributed by atoms with Gasteiger partial charge in [-0.1, -0.05) is 32.6 Å². The fraction of sp³-hybridized carbons (Fsp3) is 0.438. The van der Waals surface area contributed by atoms with Gasteiger partial charge in [-0.25, -0.2) is 4.79 Å². The molecule has 0 saturated carbocycles. The summed E-state index contributed by atoms with van der Waals surface area (Å²) in [6.07, 6.45) is 11.7. The third-order valence-electron chi connectivity index (χ3n) is 3.56. The monoisotopic (exact) mass is 303 g/mol. The molecular formula is C16H21N3O3. The Morgan fingerprint density at radius 3 is 2.73 bits per heavy atom. The molecule has 0 fully saturated rings. The molecule has 0 radical (unpaired) electrons. The molecule has 6 heteroatoms. The first-order valence-corrected chi connectivity index (χ1v) is 7.62. The minimum absolute atomic E-state index is 0.0619. The van der Waals surface area contributed by atoms with Gasteiger partial charge in [0.1, 0.15) is 5.56 Å². The van der Waals surface area contributed by atoms with Crippen molar-refractivity contribution in [1.82, 2.24) is 9.55 Å². The summed E-state index contributed by atoms with van der Waals surface area (Å²) in [4.78, 5) is 30.0. The molecule has 2 rings (SSSR count). The Hall–Kier alpha value is -2.37. The first-order chi connectivity index (χ1) is 10.6. The number of allylic oxidation sites excluding steroid dienone is 2. The summed E-state index contributed by atoms with van der Waals surface area (Å²) < 4.78 is 1.21. The van der Waals surface area contributed by atoms with Crippen molar-refractivity contribution in [3.05, 3.63) is 44.3 Å². The van der Waals surface area contributed by atoms with Crippen molar-refractivity contribution in [1.29, 1.82) is 0 Å². The fourth-order valence-electron chi connectivity index (χ4n) is 2.33. The highest BCUT2D eigenvalue weighted by atomic mass is 16.3. The Morgan fingerprint density at radius 2 is 2.05 bits per heavy atom. The van der Waals surface area contributed by atoms with Gasteiger partial charge in [0.2, 0.25) is 5.88 Å². The fourth-order valence-corrected chi connectivity index (χ4v) is 2.33. The molecule has 118 valence electrons. The quantitative estimate of drug-likeness (QED) is 0.757. The van der Waals surface area contributed by atoms with E-state index in [4.69, 9.17) is 0 Å². The molecule has 0 saturated heterocycles. The van der Waals surface area contributed by atoms with Crippen molar-refractivity contribution in [3.8, 4) is 5.88 Å². The largest absolute Gasteiger partial charge is 0.494 e. The lowest BCUT2D eigenvalue weighted by molar-refractivity contribution is 0.391. The van der Waals surface area contributed by atoms with Crippen molar-refractivity contribution in [3.63, 3.8) is 0 Å². The van der Waals surface area contributed by atoms with Crippen LogP contribution in [0.4, 0.5) is 0 Å². The summed E-state index contributed by atoms with van der Waals surface area (Å²) in [5.74, 6) is -0.299. The van der Waals surface area contributed by atoms with Gasteiger partial charge in [0, 0.05) is 12.8 Å². The lowest BCUT2D eigenvalue weighted by atomic mass is 10.1. The predicted molar refractivity (Wildman–Crippen MR) is 87.4 cm³/mol. The zero-order chi connectivity index (χ0) is 15.9. The predicted octanol–water partition coefficient (Wildman–Crippen LogP) is 2.19. The number of nitrogens with one attached hydrogen (secondary N) is 1. The maximum atomic E-state index is 11.9. The van der Waals surface area contributed by atoms with E-state index in [-0.39, 0.29) is 11.4 Å². The van der Waals surface area contributed by atoms with Crippen LogP contribution in [0.3, 0.4) is 0 Å². The number of H-pyrrole nitrogens is 1. The highest BCUT2D eigenvalue weighted by Gasteiger charge is 2.13. The second kappa shape index (κ2) is 7.59. The molecule has 2 N–H and O–H groups in total. The van der Waals surface area contributed by atoms with Gasteiger partial charge in [0.25, 0.3) is 5.56 Å². The highest BCUT2D eigenvalue weighted by molar-refractivity contribution is 5.79. The van der Waals surface area contributed by atoms with Crippen LogP contribution in [0.5, 0.6) is 5.88 Å². The van der Waals surface area contributed by atoms with Gasteiger partial charge < -0.3 is 5.11 Å². The molecule has 0 unspecified atom stereocenters. The molecule has 1 aromatic rings.